The Bertz CT molecular complexity index is 1350. The van der Waals surface area contributed by atoms with E-state index in [2.05, 4.69) is 0 Å². The highest BCUT2D eigenvalue weighted by Gasteiger charge is 2.32. The van der Waals surface area contributed by atoms with Crippen LogP contribution in [0.2, 0.25) is 0 Å². The Balaban J connectivity index is 1.46. The molecular weight excluding hydrogens is 448 g/mol. The van der Waals surface area contributed by atoms with Crippen LogP contribution in [0.25, 0.3) is 21.8 Å². The Labute approximate surface area is 201 Å². The number of esters is 1. The number of methoxy groups -OCH3 is 1. The number of benzene rings is 3. The van der Waals surface area contributed by atoms with Gasteiger partial charge in [-0.2, -0.15) is 0 Å². The predicted molar refractivity (Wildman–Crippen MR) is 132 cm³/mol. The first kappa shape index (κ1) is 21.9. The van der Waals surface area contributed by atoms with Gasteiger partial charge in [0.2, 0.25) is 0 Å². The molecule has 1 aliphatic rings. The third-order valence-electron chi connectivity index (χ3n) is 5.70. The van der Waals surface area contributed by atoms with E-state index in [0.29, 0.717) is 23.5 Å². The summed E-state index contributed by atoms with van der Waals surface area (Å²) in [5.74, 6) is 0.140. The van der Waals surface area contributed by atoms with E-state index in [1.165, 1.54) is 7.11 Å². The molecular formula is C27H22N2O4S. The summed E-state index contributed by atoms with van der Waals surface area (Å²) >= 11 is 1.58. The van der Waals surface area contributed by atoms with Gasteiger partial charge in [-0.3, -0.25) is 4.79 Å². The van der Waals surface area contributed by atoms with Crippen molar-refractivity contribution in [3.63, 3.8) is 0 Å². The molecule has 0 aliphatic carbocycles. The first-order chi connectivity index (χ1) is 16.5. The Hall–Kier alpha value is -3.97. The van der Waals surface area contributed by atoms with Crippen molar-refractivity contribution in [2.24, 2.45) is 0 Å². The second-order valence-electron chi connectivity index (χ2n) is 7.96. The van der Waals surface area contributed by atoms with Crippen LogP contribution in [0, 0.1) is 0 Å². The molecule has 2 heterocycles. The molecule has 0 N–H and O–H groups in total. The van der Waals surface area contributed by atoms with Crippen LogP contribution in [0.4, 0.5) is 5.69 Å². The lowest BCUT2D eigenvalue weighted by atomic mass is 10.1. The van der Waals surface area contributed by atoms with Gasteiger partial charge in [-0.05, 0) is 42.8 Å². The molecule has 5 rings (SSSR count). The molecule has 1 aliphatic heterocycles. The lowest BCUT2D eigenvalue weighted by molar-refractivity contribution is -0.125. The normalized spacial score (nSPS) is 14.9. The summed E-state index contributed by atoms with van der Waals surface area (Å²) in [6.45, 7) is 2.11. The topological polar surface area (TPSA) is 68.7 Å². The van der Waals surface area contributed by atoms with E-state index >= 15 is 0 Å². The fourth-order valence-corrected chi connectivity index (χ4v) is 4.73. The molecule has 1 unspecified atom stereocenters. The van der Waals surface area contributed by atoms with Crippen molar-refractivity contribution in [2.45, 2.75) is 19.6 Å². The second-order valence-corrected chi connectivity index (χ2v) is 8.82. The van der Waals surface area contributed by atoms with Crippen LogP contribution in [-0.4, -0.2) is 30.1 Å². The maximum Gasteiger partial charge on any atom is 0.337 e. The molecule has 0 fully saturated rings. The molecule has 4 aromatic rings. The van der Waals surface area contributed by atoms with Crippen LogP contribution in [0.5, 0.6) is 5.75 Å². The van der Waals surface area contributed by atoms with E-state index in [1.54, 1.807) is 35.3 Å². The summed E-state index contributed by atoms with van der Waals surface area (Å²) in [5.41, 5.74) is 4.89. The van der Waals surface area contributed by atoms with Crippen molar-refractivity contribution < 1.29 is 19.1 Å². The molecule has 0 radical (unpaired) electrons. The smallest absolute Gasteiger partial charge is 0.337 e. The Kier molecular flexibility index (Phi) is 5.86. The number of nitrogens with zero attached hydrogens (tertiary/aromatic N) is 2. The van der Waals surface area contributed by atoms with Gasteiger partial charge in [-0.25, -0.2) is 9.78 Å². The zero-order chi connectivity index (χ0) is 23.7. The molecule has 7 heteroatoms. The number of rotatable bonds is 5. The van der Waals surface area contributed by atoms with Crippen molar-refractivity contribution in [1.82, 2.24) is 4.98 Å². The number of ether oxygens (including phenoxy) is 2. The third kappa shape index (κ3) is 4.18. The molecule has 1 aromatic heterocycles. The molecule has 0 spiro atoms. The number of hydrogen-bond donors (Lipinski definition) is 0. The van der Waals surface area contributed by atoms with E-state index < -0.39 is 12.1 Å². The first-order valence-corrected chi connectivity index (χ1v) is 11.7. The Morgan fingerprint density at radius 2 is 1.82 bits per heavy atom. The summed E-state index contributed by atoms with van der Waals surface area (Å²) in [6, 6.07) is 22.9. The summed E-state index contributed by atoms with van der Waals surface area (Å²) < 4.78 is 10.6. The third-order valence-corrected chi connectivity index (χ3v) is 6.60. The summed E-state index contributed by atoms with van der Waals surface area (Å²) in [4.78, 5) is 31.3. The minimum Gasteiger partial charge on any atom is -0.479 e. The van der Waals surface area contributed by atoms with Crippen LogP contribution in [0.1, 0.15) is 22.8 Å². The van der Waals surface area contributed by atoms with Gasteiger partial charge in [-0.15, -0.1) is 11.3 Å². The van der Waals surface area contributed by atoms with E-state index in [1.807, 2.05) is 66.0 Å². The summed E-state index contributed by atoms with van der Waals surface area (Å²) in [6.07, 6.45) is -0.586. The number of amides is 1. The molecule has 1 atom stereocenters. The average Bonchev–Trinajstić information content (AvgIpc) is 3.37. The van der Waals surface area contributed by atoms with Gasteiger partial charge in [0.05, 0.1) is 30.6 Å². The quantitative estimate of drug-likeness (QED) is 0.356. The molecule has 170 valence electrons. The Morgan fingerprint density at radius 1 is 1.06 bits per heavy atom. The lowest BCUT2D eigenvalue weighted by Crippen LogP contribution is -2.44. The highest BCUT2D eigenvalue weighted by atomic mass is 32.1. The zero-order valence-corrected chi connectivity index (χ0v) is 19.5. The molecule has 0 saturated carbocycles. The van der Waals surface area contributed by atoms with Crippen molar-refractivity contribution in [3.05, 3.63) is 89.3 Å². The van der Waals surface area contributed by atoms with E-state index in [4.69, 9.17) is 14.5 Å². The van der Waals surface area contributed by atoms with Crippen LogP contribution >= 0.6 is 11.3 Å². The molecule has 6 nitrogen and oxygen atoms in total. The zero-order valence-electron chi connectivity index (χ0n) is 18.7. The van der Waals surface area contributed by atoms with Crippen molar-refractivity contribution in [3.8, 4) is 27.6 Å². The fraction of sp³-hybridized carbons (Fsp3) is 0.148. The van der Waals surface area contributed by atoms with Crippen LogP contribution in [0.3, 0.4) is 0 Å². The number of carbonyl (C=O) groups is 2. The van der Waals surface area contributed by atoms with E-state index in [9.17, 15) is 9.59 Å². The SMILES string of the molecule is COC(=O)c1ccc(CN2C(=O)C(C)Oc3ccc(-c4csc(-c5ccccc5)n4)cc32)cc1. The minimum absolute atomic E-state index is 0.120. The average molecular weight is 471 g/mol. The number of anilines is 1. The largest absolute Gasteiger partial charge is 0.479 e. The van der Waals surface area contributed by atoms with E-state index in [-0.39, 0.29) is 5.91 Å². The fourth-order valence-electron chi connectivity index (χ4n) is 3.90. The second kappa shape index (κ2) is 9.11. The van der Waals surface area contributed by atoms with Gasteiger partial charge >= 0.3 is 5.97 Å². The van der Waals surface area contributed by atoms with Gasteiger partial charge in [0.15, 0.2) is 6.10 Å². The molecule has 3 aromatic carbocycles. The van der Waals surface area contributed by atoms with Gasteiger partial charge in [0, 0.05) is 16.5 Å². The molecule has 0 saturated heterocycles. The number of carbonyl (C=O) groups excluding carboxylic acids is 2. The summed E-state index contributed by atoms with van der Waals surface area (Å²) in [7, 11) is 1.35. The number of hydrogen-bond acceptors (Lipinski definition) is 6. The first-order valence-electron chi connectivity index (χ1n) is 10.8. The number of fused-ring (bicyclic) bond motifs is 1. The van der Waals surface area contributed by atoms with Gasteiger partial charge in [0.25, 0.3) is 5.91 Å². The highest BCUT2D eigenvalue weighted by Crippen LogP contribution is 2.39. The monoisotopic (exact) mass is 470 g/mol. The van der Waals surface area contributed by atoms with Gasteiger partial charge in [0.1, 0.15) is 10.8 Å². The molecule has 1 amide bonds. The summed E-state index contributed by atoms with van der Waals surface area (Å²) in [5, 5.41) is 2.96. The van der Waals surface area contributed by atoms with Crippen LogP contribution in [0.15, 0.2) is 78.2 Å². The van der Waals surface area contributed by atoms with Crippen molar-refractivity contribution in [2.75, 3.05) is 12.0 Å². The maximum absolute atomic E-state index is 13.1. The minimum atomic E-state index is -0.586. The van der Waals surface area contributed by atoms with E-state index in [0.717, 1.165) is 27.4 Å². The van der Waals surface area contributed by atoms with Crippen molar-refractivity contribution >= 4 is 28.9 Å². The highest BCUT2D eigenvalue weighted by molar-refractivity contribution is 7.13. The van der Waals surface area contributed by atoms with Gasteiger partial charge < -0.3 is 14.4 Å². The predicted octanol–water partition coefficient (Wildman–Crippen LogP) is 5.58. The molecule has 34 heavy (non-hydrogen) atoms. The molecule has 0 bridgehead atoms. The lowest BCUT2D eigenvalue weighted by Gasteiger charge is -2.33. The van der Waals surface area contributed by atoms with Crippen LogP contribution in [-0.2, 0) is 16.1 Å². The number of aromatic nitrogens is 1. The standard InChI is InChI=1S/C27H22N2O4S/c1-17-26(30)29(15-18-8-10-20(11-9-18)27(31)32-2)23-14-21(12-13-24(23)33-17)22-16-34-25(28-22)19-6-4-3-5-7-19/h3-14,16-17H,15H2,1-2H3. The maximum atomic E-state index is 13.1. The van der Waals surface area contributed by atoms with Crippen molar-refractivity contribution in [1.29, 1.82) is 0 Å². The van der Waals surface area contributed by atoms with Crippen LogP contribution < -0.4 is 9.64 Å². The van der Waals surface area contributed by atoms with Gasteiger partial charge in [-0.1, -0.05) is 42.5 Å². The number of thiazole rings is 1. The Morgan fingerprint density at radius 3 is 2.56 bits per heavy atom.